The van der Waals surface area contributed by atoms with Crippen LogP contribution in [0.2, 0.25) is 0 Å². The van der Waals surface area contributed by atoms with Gasteiger partial charge in [0.15, 0.2) is 0 Å². The molecule has 1 unspecified atom stereocenters. The van der Waals surface area contributed by atoms with Crippen molar-refractivity contribution in [3.63, 3.8) is 0 Å². The number of anilines is 2. The van der Waals surface area contributed by atoms with Gasteiger partial charge in [0, 0.05) is 20.2 Å². The molecule has 1 aromatic carbocycles. The molecule has 1 aliphatic heterocycles. The molecule has 2 rings (SSSR count). The van der Waals surface area contributed by atoms with E-state index in [1.54, 1.807) is 13.0 Å². The quantitative estimate of drug-likeness (QED) is 0.667. The molecule has 1 aromatic rings. The number of carbonyl (C=O) groups is 1. The van der Waals surface area contributed by atoms with Crippen molar-refractivity contribution in [2.45, 2.75) is 32.3 Å². The fourth-order valence-corrected chi connectivity index (χ4v) is 2.63. The molecule has 0 spiro atoms. The molecular weight excluding hydrogens is 268 g/mol. The minimum Gasteiger partial charge on any atom is -0.462 e. The Morgan fingerprint density at radius 3 is 2.95 bits per heavy atom. The highest BCUT2D eigenvalue weighted by atomic mass is 16.5. The molecule has 1 fully saturated rings. The van der Waals surface area contributed by atoms with Crippen LogP contribution < -0.4 is 10.6 Å². The normalized spacial score (nSPS) is 18.3. The highest BCUT2D eigenvalue weighted by Crippen LogP contribution is 2.27. The number of benzene rings is 1. The number of nitrogens with two attached hydrogens (primary N) is 1. The van der Waals surface area contributed by atoms with E-state index >= 15 is 0 Å². The van der Waals surface area contributed by atoms with Gasteiger partial charge in [-0.15, -0.1) is 0 Å². The highest BCUT2D eigenvalue weighted by Gasteiger charge is 2.19. The van der Waals surface area contributed by atoms with E-state index in [1.807, 2.05) is 24.1 Å². The van der Waals surface area contributed by atoms with Gasteiger partial charge in [0.1, 0.15) is 0 Å². The molecule has 1 atom stereocenters. The van der Waals surface area contributed by atoms with Gasteiger partial charge in [-0.05, 0) is 38.3 Å². The molecule has 0 aliphatic carbocycles. The zero-order valence-electron chi connectivity index (χ0n) is 12.8. The van der Waals surface area contributed by atoms with Crippen molar-refractivity contribution >= 4 is 17.3 Å². The lowest BCUT2D eigenvalue weighted by atomic mass is 10.1. The van der Waals surface area contributed by atoms with Crippen LogP contribution in [0.5, 0.6) is 0 Å². The molecule has 116 valence electrons. The van der Waals surface area contributed by atoms with Gasteiger partial charge in [-0.25, -0.2) is 4.79 Å². The van der Waals surface area contributed by atoms with Gasteiger partial charge >= 0.3 is 5.97 Å². The number of hydrogen-bond donors (Lipinski definition) is 1. The Morgan fingerprint density at radius 2 is 2.29 bits per heavy atom. The number of carbonyl (C=O) groups excluding carboxylic acids is 1. The zero-order valence-corrected chi connectivity index (χ0v) is 12.8. The number of nitrogen functional groups attached to an aromatic ring is 1. The molecule has 0 bridgehead atoms. The summed E-state index contributed by atoms with van der Waals surface area (Å²) in [7, 11) is 1.97. The van der Waals surface area contributed by atoms with Gasteiger partial charge in [-0.2, -0.15) is 0 Å². The van der Waals surface area contributed by atoms with Crippen molar-refractivity contribution in [3.8, 4) is 0 Å². The van der Waals surface area contributed by atoms with Crippen LogP contribution in [-0.2, 0) is 9.47 Å². The summed E-state index contributed by atoms with van der Waals surface area (Å²) in [5.74, 6) is -0.376. The molecule has 0 amide bonds. The van der Waals surface area contributed by atoms with Gasteiger partial charge in [0.05, 0.1) is 29.6 Å². The van der Waals surface area contributed by atoms with Crippen molar-refractivity contribution in [3.05, 3.63) is 23.8 Å². The Morgan fingerprint density at radius 1 is 1.48 bits per heavy atom. The van der Waals surface area contributed by atoms with Gasteiger partial charge in [-0.1, -0.05) is 6.07 Å². The fourth-order valence-electron chi connectivity index (χ4n) is 2.63. The van der Waals surface area contributed by atoms with Crippen LogP contribution in [-0.4, -0.2) is 38.9 Å². The van der Waals surface area contributed by atoms with E-state index in [1.165, 1.54) is 6.42 Å². The SMILES string of the molecule is CCOC(=O)c1cccc(N(C)CC2CCCCO2)c1N. The monoisotopic (exact) mass is 292 g/mol. The third-order valence-corrected chi connectivity index (χ3v) is 3.74. The van der Waals surface area contributed by atoms with Gasteiger partial charge in [-0.3, -0.25) is 0 Å². The fraction of sp³-hybridized carbons (Fsp3) is 0.562. The lowest BCUT2D eigenvalue weighted by molar-refractivity contribution is 0.0216. The molecule has 0 saturated carbocycles. The lowest BCUT2D eigenvalue weighted by Crippen LogP contribution is -2.33. The number of rotatable bonds is 5. The van der Waals surface area contributed by atoms with Crippen molar-refractivity contribution < 1.29 is 14.3 Å². The highest BCUT2D eigenvalue weighted by molar-refractivity contribution is 5.98. The van der Waals surface area contributed by atoms with Gasteiger partial charge in [0.2, 0.25) is 0 Å². The third kappa shape index (κ3) is 3.88. The largest absolute Gasteiger partial charge is 0.462 e. The molecule has 5 nitrogen and oxygen atoms in total. The molecule has 5 heteroatoms. The average Bonchev–Trinajstić information content (AvgIpc) is 2.48. The minimum atomic E-state index is -0.376. The molecular formula is C16H24N2O3. The van der Waals surface area contributed by atoms with Crippen LogP contribution in [0.1, 0.15) is 36.5 Å². The molecule has 21 heavy (non-hydrogen) atoms. The summed E-state index contributed by atoms with van der Waals surface area (Å²) in [6.45, 7) is 3.73. The first-order valence-electron chi connectivity index (χ1n) is 7.51. The molecule has 1 heterocycles. The van der Waals surface area contributed by atoms with Gasteiger partial charge in [0.25, 0.3) is 0 Å². The Balaban J connectivity index is 2.11. The predicted octanol–water partition coefficient (Wildman–Crippen LogP) is 2.45. The number of hydrogen-bond acceptors (Lipinski definition) is 5. The summed E-state index contributed by atoms with van der Waals surface area (Å²) >= 11 is 0. The maximum Gasteiger partial charge on any atom is 0.340 e. The van der Waals surface area contributed by atoms with E-state index in [-0.39, 0.29) is 12.1 Å². The summed E-state index contributed by atoms with van der Waals surface area (Å²) < 4.78 is 10.8. The molecule has 1 saturated heterocycles. The molecule has 0 aromatic heterocycles. The summed E-state index contributed by atoms with van der Waals surface area (Å²) in [6.07, 6.45) is 3.65. The standard InChI is InChI=1S/C16H24N2O3/c1-3-20-16(19)13-8-6-9-14(15(13)17)18(2)11-12-7-4-5-10-21-12/h6,8-9,12H,3-5,7,10-11,17H2,1-2H3. The molecule has 2 N–H and O–H groups in total. The second-order valence-electron chi connectivity index (χ2n) is 5.33. The van der Waals surface area contributed by atoms with E-state index < -0.39 is 0 Å². The second-order valence-corrected chi connectivity index (χ2v) is 5.33. The van der Waals surface area contributed by atoms with Gasteiger partial charge < -0.3 is 20.1 Å². The number of para-hydroxylation sites is 1. The predicted molar refractivity (Wildman–Crippen MR) is 83.7 cm³/mol. The van der Waals surface area contributed by atoms with Crippen molar-refractivity contribution in [1.82, 2.24) is 0 Å². The molecule has 0 radical (unpaired) electrons. The van der Waals surface area contributed by atoms with Crippen molar-refractivity contribution in [2.24, 2.45) is 0 Å². The number of ether oxygens (including phenoxy) is 2. The van der Waals surface area contributed by atoms with Crippen LogP contribution in [0.4, 0.5) is 11.4 Å². The Hall–Kier alpha value is -1.75. The first-order valence-corrected chi connectivity index (χ1v) is 7.51. The first kappa shape index (κ1) is 15.6. The minimum absolute atomic E-state index is 0.231. The Bertz CT molecular complexity index is 484. The Kier molecular flexibility index (Phi) is 5.44. The first-order chi connectivity index (χ1) is 10.1. The van der Waals surface area contributed by atoms with E-state index in [0.717, 1.165) is 31.7 Å². The van der Waals surface area contributed by atoms with E-state index in [4.69, 9.17) is 15.2 Å². The summed E-state index contributed by atoms with van der Waals surface area (Å²) in [5.41, 5.74) is 7.87. The third-order valence-electron chi connectivity index (χ3n) is 3.74. The van der Waals surface area contributed by atoms with E-state index in [0.29, 0.717) is 17.9 Å². The van der Waals surface area contributed by atoms with E-state index in [9.17, 15) is 4.79 Å². The van der Waals surface area contributed by atoms with E-state index in [2.05, 4.69) is 0 Å². The van der Waals surface area contributed by atoms with Crippen LogP contribution >= 0.6 is 0 Å². The average molecular weight is 292 g/mol. The van der Waals surface area contributed by atoms with Crippen LogP contribution in [0, 0.1) is 0 Å². The number of esters is 1. The summed E-state index contributed by atoms with van der Waals surface area (Å²) in [5, 5.41) is 0. The van der Waals surface area contributed by atoms with Crippen LogP contribution in [0.25, 0.3) is 0 Å². The summed E-state index contributed by atoms with van der Waals surface area (Å²) in [6, 6.07) is 5.44. The van der Waals surface area contributed by atoms with Crippen molar-refractivity contribution in [1.29, 1.82) is 0 Å². The Labute approximate surface area is 126 Å². The number of likely N-dealkylation sites (N-methyl/N-ethyl adjacent to an activating group) is 1. The number of nitrogens with zero attached hydrogens (tertiary/aromatic N) is 1. The van der Waals surface area contributed by atoms with Crippen LogP contribution in [0.15, 0.2) is 18.2 Å². The lowest BCUT2D eigenvalue weighted by Gasteiger charge is -2.29. The maximum atomic E-state index is 11.9. The molecule has 1 aliphatic rings. The van der Waals surface area contributed by atoms with Crippen LogP contribution in [0.3, 0.4) is 0 Å². The zero-order chi connectivity index (χ0) is 15.2. The van der Waals surface area contributed by atoms with Crippen molar-refractivity contribution in [2.75, 3.05) is 37.4 Å². The topological polar surface area (TPSA) is 64.8 Å². The summed E-state index contributed by atoms with van der Waals surface area (Å²) in [4.78, 5) is 13.9. The smallest absolute Gasteiger partial charge is 0.340 e. The maximum absolute atomic E-state index is 11.9. The second kappa shape index (κ2) is 7.31.